The van der Waals surface area contributed by atoms with E-state index in [4.69, 9.17) is 5.73 Å². The van der Waals surface area contributed by atoms with Gasteiger partial charge in [0.15, 0.2) is 0 Å². The van der Waals surface area contributed by atoms with E-state index in [-0.39, 0.29) is 11.8 Å². The van der Waals surface area contributed by atoms with E-state index in [2.05, 4.69) is 35.1 Å². The minimum atomic E-state index is -4.69. The Balaban J connectivity index is 1.60. The predicted octanol–water partition coefficient (Wildman–Crippen LogP) is 6.89. The normalized spacial score (nSPS) is 12.3. The number of unbranched alkanes of at least 4 members (excludes halogenated alkanes) is 1. The molecule has 0 saturated heterocycles. The summed E-state index contributed by atoms with van der Waals surface area (Å²) in [6, 6.07) is 26.0. The maximum atomic E-state index is 12.3. The maximum absolute atomic E-state index is 12.3. The Labute approximate surface area is 174 Å². The van der Waals surface area contributed by atoms with Crippen molar-refractivity contribution >= 4 is 5.57 Å². The number of ether oxygens (including phenoxy) is 1. The van der Waals surface area contributed by atoms with Crippen LogP contribution < -0.4 is 10.5 Å². The first-order valence-electron chi connectivity index (χ1n) is 9.85. The van der Waals surface area contributed by atoms with Crippen molar-refractivity contribution in [3.63, 3.8) is 0 Å². The molecule has 1 atom stereocenters. The molecule has 0 aliphatic heterocycles. The molecule has 3 aromatic rings. The van der Waals surface area contributed by atoms with Crippen molar-refractivity contribution in [2.75, 3.05) is 0 Å². The number of allylic oxidation sites excluding steroid dienone is 1. The van der Waals surface area contributed by atoms with Gasteiger partial charge in [0, 0.05) is 6.04 Å². The zero-order chi connectivity index (χ0) is 21.4. The Hall–Kier alpha value is -3.05. The SMILES string of the molecule is NC(CCCC=C(c1ccccc1)c1ccccc1)c1ccc(OC(F)(F)F)cc1. The molecular weight excluding hydrogens is 387 g/mol. The molecule has 0 aromatic heterocycles. The van der Waals surface area contributed by atoms with Gasteiger partial charge in [-0.05, 0) is 53.7 Å². The van der Waals surface area contributed by atoms with Crippen molar-refractivity contribution < 1.29 is 17.9 Å². The smallest absolute Gasteiger partial charge is 0.406 e. The molecule has 1 unspecified atom stereocenters. The number of benzene rings is 3. The zero-order valence-corrected chi connectivity index (χ0v) is 16.5. The fourth-order valence-electron chi connectivity index (χ4n) is 3.31. The Bertz CT molecular complexity index is 894. The van der Waals surface area contributed by atoms with E-state index in [1.807, 2.05) is 36.4 Å². The number of alkyl halides is 3. The van der Waals surface area contributed by atoms with E-state index in [1.165, 1.54) is 17.7 Å². The van der Waals surface area contributed by atoms with E-state index in [0.29, 0.717) is 0 Å². The van der Waals surface area contributed by atoms with Crippen LogP contribution in [0.15, 0.2) is 91.0 Å². The molecule has 0 radical (unpaired) electrons. The highest BCUT2D eigenvalue weighted by atomic mass is 19.4. The summed E-state index contributed by atoms with van der Waals surface area (Å²) < 4.78 is 40.7. The van der Waals surface area contributed by atoms with Crippen LogP contribution in [0.4, 0.5) is 13.2 Å². The van der Waals surface area contributed by atoms with E-state index in [9.17, 15) is 13.2 Å². The van der Waals surface area contributed by atoms with Crippen molar-refractivity contribution in [3.8, 4) is 5.75 Å². The van der Waals surface area contributed by atoms with Gasteiger partial charge in [0.2, 0.25) is 0 Å². The minimum Gasteiger partial charge on any atom is -0.406 e. The van der Waals surface area contributed by atoms with Crippen LogP contribution in [0.5, 0.6) is 5.75 Å². The zero-order valence-electron chi connectivity index (χ0n) is 16.5. The van der Waals surface area contributed by atoms with Crippen molar-refractivity contribution in [1.82, 2.24) is 0 Å². The van der Waals surface area contributed by atoms with Gasteiger partial charge in [-0.2, -0.15) is 0 Å². The summed E-state index contributed by atoms with van der Waals surface area (Å²) in [4.78, 5) is 0. The average Bonchev–Trinajstić information content (AvgIpc) is 2.74. The second kappa shape index (κ2) is 10.1. The first kappa shape index (κ1) is 21.7. The Kier molecular flexibility index (Phi) is 7.31. The van der Waals surface area contributed by atoms with Gasteiger partial charge >= 0.3 is 6.36 Å². The lowest BCUT2D eigenvalue weighted by atomic mass is 9.95. The Morgan fingerprint density at radius 2 is 1.37 bits per heavy atom. The monoisotopic (exact) mass is 411 g/mol. The van der Waals surface area contributed by atoms with Crippen molar-refractivity contribution in [2.24, 2.45) is 5.73 Å². The van der Waals surface area contributed by atoms with Gasteiger partial charge in [-0.1, -0.05) is 78.9 Å². The van der Waals surface area contributed by atoms with E-state index < -0.39 is 6.36 Å². The van der Waals surface area contributed by atoms with Crippen molar-refractivity contribution in [2.45, 2.75) is 31.7 Å². The predicted molar refractivity (Wildman–Crippen MR) is 114 cm³/mol. The van der Waals surface area contributed by atoms with Crippen LogP contribution in [0, 0.1) is 0 Å². The summed E-state index contributed by atoms with van der Waals surface area (Å²) >= 11 is 0. The summed E-state index contributed by atoms with van der Waals surface area (Å²) in [6.07, 6.45) is -0.0249. The third kappa shape index (κ3) is 6.49. The third-order valence-electron chi connectivity index (χ3n) is 4.78. The summed E-state index contributed by atoms with van der Waals surface area (Å²) in [5.74, 6) is -0.239. The second-order valence-corrected chi connectivity index (χ2v) is 7.00. The highest BCUT2D eigenvalue weighted by Gasteiger charge is 2.31. The van der Waals surface area contributed by atoms with E-state index in [1.54, 1.807) is 12.1 Å². The molecule has 2 nitrogen and oxygen atoms in total. The molecule has 2 N–H and O–H groups in total. The topological polar surface area (TPSA) is 35.2 Å². The molecule has 3 rings (SSSR count). The van der Waals surface area contributed by atoms with Gasteiger partial charge in [0.25, 0.3) is 0 Å². The van der Waals surface area contributed by atoms with Gasteiger partial charge in [0.1, 0.15) is 5.75 Å². The molecular formula is C25H24F3NO. The highest BCUT2D eigenvalue weighted by Crippen LogP contribution is 2.27. The fourth-order valence-corrected chi connectivity index (χ4v) is 3.31. The van der Waals surface area contributed by atoms with Crippen LogP contribution in [0.25, 0.3) is 5.57 Å². The number of rotatable bonds is 8. The van der Waals surface area contributed by atoms with Crippen LogP contribution in [0.3, 0.4) is 0 Å². The Morgan fingerprint density at radius 1 is 0.833 bits per heavy atom. The molecule has 0 saturated carbocycles. The second-order valence-electron chi connectivity index (χ2n) is 7.00. The lowest BCUT2D eigenvalue weighted by molar-refractivity contribution is -0.274. The molecule has 0 fully saturated rings. The van der Waals surface area contributed by atoms with E-state index in [0.717, 1.165) is 36.0 Å². The molecule has 3 aromatic carbocycles. The number of hydrogen-bond acceptors (Lipinski definition) is 2. The largest absolute Gasteiger partial charge is 0.573 e. The average molecular weight is 411 g/mol. The molecule has 30 heavy (non-hydrogen) atoms. The summed E-state index contributed by atoms with van der Waals surface area (Å²) in [7, 11) is 0. The number of nitrogens with two attached hydrogens (primary N) is 1. The lowest BCUT2D eigenvalue weighted by Gasteiger charge is -2.14. The molecule has 156 valence electrons. The van der Waals surface area contributed by atoms with Crippen LogP contribution >= 0.6 is 0 Å². The molecule has 0 aliphatic carbocycles. The Morgan fingerprint density at radius 3 is 1.87 bits per heavy atom. The minimum absolute atomic E-state index is 0.239. The molecule has 0 spiro atoms. The maximum Gasteiger partial charge on any atom is 0.573 e. The molecule has 5 heteroatoms. The van der Waals surface area contributed by atoms with Crippen molar-refractivity contribution in [3.05, 3.63) is 108 Å². The lowest BCUT2D eigenvalue weighted by Crippen LogP contribution is -2.17. The van der Waals surface area contributed by atoms with Gasteiger partial charge in [-0.25, -0.2) is 0 Å². The fraction of sp³-hybridized carbons (Fsp3) is 0.200. The third-order valence-corrected chi connectivity index (χ3v) is 4.78. The van der Waals surface area contributed by atoms with Crippen LogP contribution in [0.2, 0.25) is 0 Å². The summed E-state index contributed by atoms with van der Waals surface area (Å²) in [6.45, 7) is 0. The first-order valence-corrected chi connectivity index (χ1v) is 9.85. The first-order chi connectivity index (χ1) is 14.4. The highest BCUT2D eigenvalue weighted by molar-refractivity contribution is 5.79. The van der Waals surface area contributed by atoms with Gasteiger partial charge < -0.3 is 10.5 Å². The number of hydrogen-bond donors (Lipinski definition) is 1. The van der Waals surface area contributed by atoms with Gasteiger partial charge in [-0.15, -0.1) is 13.2 Å². The molecule has 0 amide bonds. The molecule has 0 bridgehead atoms. The van der Waals surface area contributed by atoms with Gasteiger partial charge in [0.05, 0.1) is 0 Å². The van der Waals surface area contributed by atoms with Crippen LogP contribution in [-0.2, 0) is 0 Å². The molecule has 0 heterocycles. The van der Waals surface area contributed by atoms with Crippen molar-refractivity contribution in [1.29, 1.82) is 0 Å². The number of halogens is 3. The quantitative estimate of drug-likeness (QED) is 0.410. The van der Waals surface area contributed by atoms with E-state index >= 15 is 0 Å². The summed E-state index contributed by atoms with van der Waals surface area (Å²) in [5.41, 5.74) is 10.5. The standard InChI is InChI=1S/C25H24F3NO/c26-25(27,28)30-22-17-15-21(16-18-22)24(29)14-8-7-13-23(19-9-3-1-4-10-19)20-11-5-2-6-12-20/h1-6,9-13,15-18,24H,7-8,14,29H2. The van der Waals surface area contributed by atoms with Crippen LogP contribution in [-0.4, -0.2) is 6.36 Å². The summed E-state index contributed by atoms with van der Waals surface area (Å²) in [5, 5.41) is 0. The molecule has 0 aliphatic rings. The van der Waals surface area contributed by atoms with Crippen LogP contribution in [0.1, 0.15) is 42.0 Å². The van der Waals surface area contributed by atoms with Gasteiger partial charge in [-0.3, -0.25) is 0 Å².